The number of hydrogen-bond acceptors (Lipinski definition) is 0. The molecule has 0 aliphatic rings. The fourth-order valence-corrected chi connectivity index (χ4v) is 3.75. The molecule has 0 heteroatoms. The van der Waals surface area contributed by atoms with Crippen molar-refractivity contribution >= 4 is 0 Å². The van der Waals surface area contributed by atoms with Crippen LogP contribution < -0.4 is 0 Å². The van der Waals surface area contributed by atoms with E-state index in [1.165, 1.54) is 57.3 Å². The van der Waals surface area contributed by atoms with E-state index >= 15 is 0 Å². The van der Waals surface area contributed by atoms with E-state index in [9.17, 15) is 0 Å². The number of rotatable bonds is 6. The molecule has 4 aromatic carbocycles. The second-order valence-electron chi connectivity index (χ2n) is 7.83. The SMILES string of the molecule is CCCCc1ccc(-c2cc(-c3ccccc3)cc(-c3ccc(C)cc3)c2)cc1. The van der Waals surface area contributed by atoms with Crippen molar-refractivity contribution in [3.63, 3.8) is 0 Å². The minimum Gasteiger partial charge on any atom is -0.0654 e. The van der Waals surface area contributed by atoms with Crippen LogP contribution in [-0.4, -0.2) is 0 Å². The molecule has 0 radical (unpaired) electrons. The van der Waals surface area contributed by atoms with Gasteiger partial charge in [-0.05, 0) is 76.9 Å². The molecule has 0 aliphatic heterocycles. The van der Waals surface area contributed by atoms with Gasteiger partial charge in [0.2, 0.25) is 0 Å². The number of hydrogen-bond donors (Lipinski definition) is 0. The lowest BCUT2D eigenvalue weighted by Crippen LogP contribution is -1.88. The van der Waals surface area contributed by atoms with E-state index in [0.717, 1.165) is 6.42 Å². The lowest BCUT2D eigenvalue weighted by atomic mass is 9.92. The Morgan fingerprint density at radius 1 is 0.517 bits per heavy atom. The highest BCUT2D eigenvalue weighted by atomic mass is 14.1. The molecule has 0 saturated carbocycles. The fourth-order valence-electron chi connectivity index (χ4n) is 3.75. The van der Waals surface area contributed by atoms with Crippen LogP contribution in [0.3, 0.4) is 0 Å². The summed E-state index contributed by atoms with van der Waals surface area (Å²) in [6, 6.07) is 35.5. The number of unbranched alkanes of at least 4 members (excludes halogenated alkanes) is 1. The van der Waals surface area contributed by atoms with Gasteiger partial charge in [-0.1, -0.05) is 97.8 Å². The Balaban J connectivity index is 1.78. The summed E-state index contributed by atoms with van der Waals surface area (Å²) in [6.07, 6.45) is 3.65. The van der Waals surface area contributed by atoms with Crippen LogP contribution in [0.2, 0.25) is 0 Å². The van der Waals surface area contributed by atoms with E-state index in [0.29, 0.717) is 0 Å². The molecular formula is C29H28. The van der Waals surface area contributed by atoms with Crippen molar-refractivity contribution in [2.24, 2.45) is 0 Å². The van der Waals surface area contributed by atoms with Gasteiger partial charge in [0.15, 0.2) is 0 Å². The Bertz CT molecular complexity index is 1060. The van der Waals surface area contributed by atoms with Crippen molar-refractivity contribution in [1.29, 1.82) is 0 Å². The Kier molecular flexibility index (Phi) is 5.91. The molecule has 4 rings (SSSR count). The van der Waals surface area contributed by atoms with Gasteiger partial charge < -0.3 is 0 Å². The Morgan fingerprint density at radius 2 is 1.00 bits per heavy atom. The summed E-state index contributed by atoms with van der Waals surface area (Å²) < 4.78 is 0. The van der Waals surface area contributed by atoms with Crippen molar-refractivity contribution in [3.05, 3.63) is 108 Å². The van der Waals surface area contributed by atoms with Crippen LogP contribution in [0.25, 0.3) is 33.4 Å². The molecule has 0 N–H and O–H groups in total. The van der Waals surface area contributed by atoms with Gasteiger partial charge in [-0.3, -0.25) is 0 Å². The Hall–Kier alpha value is -3.12. The molecule has 0 bridgehead atoms. The summed E-state index contributed by atoms with van der Waals surface area (Å²) in [5.74, 6) is 0. The average molecular weight is 377 g/mol. The molecule has 29 heavy (non-hydrogen) atoms. The molecule has 0 aromatic heterocycles. The minimum atomic E-state index is 1.16. The molecule has 0 nitrogen and oxygen atoms in total. The summed E-state index contributed by atoms with van der Waals surface area (Å²) in [6.45, 7) is 4.38. The highest BCUT2D eigenvalue weighted by Crippen LogP contribution is 2.33. The number of benzene rings is 4. The molecule has 144 valence electrons. The largest absolute Gasteiger partial charge is 0.0654 e. The minimum absolute atomic E-state index is 1.16. The van der Waals surface area contributed by atoms with Crippen LogP contribution in [0, 0.1) is 6.92 Å². The van der Waals surface area contributed by atoms with Crippen LogP contribution in [0.5, 0.6) is 0 Å². The first-order valence-electron chi connectivity index (χ1n) is 10.6. The second kappa shape index (κ2) is 8.92. The molecule has 0 spiro atoms. The van der Waals surface area contributed by atoms with Gasteiger partial charge in [-0.15, -0.1) is 0 Å². The zero-order chi connectivity index (χ0) is 20.1. The monoisotopic (exact) mass is 376 g/mol. The predicted octanol–water partition coefficient (Wildman–Crippen LogP) is 8.34. The molecule has 0 saturated heterocycles. The maximum Gasteiger partial charge on any atom is -0.0172 e. The topological polar surface area (TPSA) is 0 Å². The van der Waals surface area contributed by atoms with Crippen LogP contribution in [0.4, 0.5) is 0 Å². The molecule has 0 fully saturated rings. The van der Waals surface area contributed by atoms with E-state index in [1.54, 1.807) is 0 Å². The summed E-state index contributed by atoms with van der Waals surface area (Å²) in [4.78, 5) is 0. The van der Waals surface area contributed by atoms with Gasteiger partial charge in [-0.2, -0.15) is 0 Å². The van der Waals surface area contributed by atoms with Gasteiger partial charge in [0.1, 0.15) is 0 Å². The van der Waals surface area contributed by atoms with Crippen molar-refractivity contribution < 1.29 is 0 Å². The first kappa shape index (κ1) is 19.2. The van der Waals surface area contributed by atoms with Crippen LogP contribution in [0.1, 0.15) is 30.9 Å². The average Bonchev–Trinajstić information content (AvgIpc) is 2.79. The predicted molar refractivity (Wildman–Crippen MR) is 126 cm³/mol. The van der Waals surface area contributed by atoms with Crippen molar-refractivity contribution in [2.75, 3.05) is 0 Å². The van der Waals surface area contributed by atoms with E-state index in [1.807, 2.05) is 0 Å². The van der Waals surface area contributed by atoms with Gasteiger partial charge in [0, 0.05) is 0 Å². The summed E-state index contributed by atoms with van der Waals surface area (Å²) >= 11 is 0. The van der Waals surface area contributed by atoms with Crippen LogP contribution in [-0.2, 0) is 6.42 Å². The lowest BCUT2D eigenvalue weighted by Gasteiger charge is -2.12. The standard InChI is InChI=1S/C29H28/c1-3-4-8-23-13-17-26(18-14-23)29-20-27(24-9-6-5-7-10-24)19-28(21-29)25-15-11-22(2)12-16-25/h5-7,9-21H,3-4,8H2,1-2H3. The van der Waals surface area contributed by atoms with E-state index in [-0.39, 0.29) is 0 Å². The smallest absolute Gasteiger partial charge is 0.0172 e. The third-order valence-corrected chi connectivity index (χ3v) is 5.53. The first-order valence-corrected chi connectivity index (χ1v) is 10.6. The van der Waals surface area contributed by atoms with Gasteiger partial charge in [-0.25, -0.2) is 0 Å². The third-order valence-electron chi connectivity index (χ3n) is 5.53. The van der Waals surface area contributed by atoms with E-state index < -0.39 is 0 Å². The molecule has 0 aliphatic carbocycles. The quantitative estimate of drug-likeness (QED) is 0.317. The summed E-state index contributed by atoms with van der Waals surface area (Å²) in [5, 5.41) is 0. The molecule has 0 atom stereocenters. The maximum atomic E-state index is 2.32. The fraction of sp³-hybridized carbons (Fsp3) is 0.172. The maximum absolute atomic E-state index is 2.32. The summed E-state index contributed by atoms with van der Waals surface area (Å²) in [5.41, 5.74) is 10.3. The molecule has 0 amide bonds. The Labute approximate surface area is 174 Å². The lowest BCUT2D eigenvalue weighted by molar-refractivity contribution is 0.795. The molecule has 0 unspecified atom stereocenters. The van der Waals surface area contributed by atoms with Crippen molar-refractivity contribution in [3.8, 4) is 33.4 Å². The van der Waals surface area contributed by atoms with Crippen molar-refractivity contribution in [2.45, 2.75) is 33.1 Å². The second-order valence-corrected chi connectivity index (χ2v) is 7.83. The molecule has 4 aromatic rings. The van der Waals surface area contributed by atoms with Gasteiger partial charge in [0.05, 0.1) is 0 Å². The first-order chi connectivity index (χ1) is 14.2. The molecule has 0 heterocycles. The normalized spacial score (nSPS) is 10.8. The van der Waals surface area contributed by atoms with Gasteiger partial charge >= 0.3 is 0 Å². The number of aryl methyl sites for hydroxylation is 2. The van der Waals surface area contributed by atoms with Gasteiger partial charge in [0.25, 0.3) is 0 Å². The molecular weight excluding hydrogens is 348 g/mol. The van der Waals surface area contributed by atoms with Crippen molar-refractivity contribution in [1.82, 2.24) is 0 Å². The highest BCUT2D eigenvalue weighted by molar-refractivity contribution is 5.81. The third kappa shape index (κ3) is 4.66. The Morgan fingerprint density at radius 3 is 1.52 bits per heavy atom. The van der Waals surface area contributed by atoms with Crippen LogP contribution in [0.15, 0.2) is 97.1 Å². The zero-order valence-electron chi connectivity index (χ0n) is 17.4. The highest BCUT2D eigenvalue weighted by Gasteiger charge is 2.07. The zero-order valence-corrected chi connectivity index (χ0v) is 17.4. The van der Waals surface area contributed by atoms with E-state index in [4.69, 9.17) is 0 Å². The van der Waals surface area contributed by atoms with E-state index in [2.05, 4.69) is 111 Å². The summed E-state index contributed by atoms with van der Waals surface area (Å²) in [7, 11) is 0. The van der Waals surface area contributed by atoms with Crippen LogP contribution >= 0.6 is 0 Å².